The maximum absolute atomic E-state index is 9.55. The number of hydrogen-bond acceptors (Lipinski definition) is 3. The highest BCUT2D eigenvalue weighted by Crippen LogP contribution is 2.49. The molecule has 1 aromatic heterocycles. The van der Waals surface area contributed by atoms with Crippen molar-refractivity contribution in [2.45, 2.75) is 52.1 Å². The molecule has 0 saturated carbocycles. The van der Waals surface area contributed by atoms with Gasteiger partial charge in [-0.1, -0.05) is 32.9 Å². The SMILES string of the molecule is CCc1ccc2c(c1)-c1c(ccn1C[C@H](C)N)C2(C)C.O=C(O)/C=C/C(=O)O. The number of nitrogens with zero attached hydrogens (tertiary/aromatic N) is 1. The van der Waals surface area contributed by atoms with Crippen LogP contribution in [0.3, 0.4) is 0 Å². The van der Waals surface area contributed by atoms with Gasteiger partial charge in [0.05, 0.1) is 5.69 Å². The van der Waals surface area contributed by atoms with Crippen LogP contribution in [-0.4, -0.2) is 32.8 Å². The molecule has 0 bridgehead atoms. The van der Waals surface area contributed by atoms with Gasteiger partial charge in [0.15, 0.2) is 0 Å². The molecular formula is C22H28N2O4. The van der Waals surface area contributed by atoms with E-state index in [-0.39, 0.29) is 11.5 Å². The monoisotopic (exact) mass is 384 g/mol. The summed E-state index contributed by atoms with van der Waals surface area (Å²) >= 11 is 0. The number of nitrogens with two attached hydrogens (primary N) is 1. The summed E-state index contributed by atoms with van der Waals surface area (Å²) < 4.78 is 2.33. The van der Waals surface area contributed by atoms with E-state index in [1.165, 1.54) is 27.9 Å². The first kappa shape index (κ1) is 21.4. The average Bonchev–Trinajstić information content (AvgIpc) is 3.12. The molecule has 1 atom stereocenters. The van der Waals surface area contributed by atoms with Crippen LogP contribution in [0.15, 0.2) is 42.6 Å². The van der Waals surface area contributed by atoms with Crippen molar-refractivity contribution in [2.75, 3.05) is 0 Å². The Morgan fingerprint density at radius 3 is 2.25 bits per heavy atom. The number of aliphatic carboxylic acids is 2. The summed E-state index contributed by atoms with van der Waals surface area (Å²) in [5.41, 5.74) is 13.1. The highest BCUT2D eigenvalue weighted by Gasteiger charge is 2.37. The van der Waals surface area contributed by atoms with Crippen LogP contribution in [0.25, 0.3) is 11.3 Å². The fourth-order valence-corrected chi connectivity index (χ4v) is 3.58. The molecule has 0 unspecified atom stereocenters. The van der Waals surface area contributed by atoms with Crippen LogP contribution < -0.4 is 5.73 Å². The Hall–Kier alpha value is -2.86. The first-order valence-corrected chi connectivity index (χ1v) is 9.30. The molecule has 6 nitrogen and oxygen atoms in total. The fourth-order valence-electron chi connectivity index (χ4n) is 3.58. The third-order valence-corrected chi connectivity index (χ3v) is 4.91. The Bertz CT molecular complexity index is 891. The van der Waals surface area contributed by atoms with E-state index in [1.54, 1.807) is 0 Å². The van der Waals surface area contributed by atoms with Gasteiger partial charge in [-0.3, -0.25) is 0 Å². The van der Waals surface area contributed by atoms with Gasteiger partial charge in [-0.2, -0.15) is 0 Å². The van der Waals surface area contributed by atoms with Crippen molar-refractivity contribution in [3.63, 3.8) is 0 Å². The van der Waals surface area contributed by atoms with Gasteiger partial charge >= 0.3 is 11.9 Å². The molecule has 0 saturated heterocycles. The summed E-state index contributed by atoms with van der Waals surface area (Å²) in [6.45, 7) is 9.79. The van der Waals surface area contributed by atoms with Crippen LogP contribution >= 0.6 is 0 Å². The van der Waals surface area contributed by atoms with Crippen molar-refractivity contribution in [1.82, 2.24) is 4.57 Å². The molecule has 0 amide bonds. The van der Waals surface area contributed by atoms with Crippen LogP contribution in [0.4, 0.5) is 0 Å². The summed E-state index contributed by atoms with van der Waals surface area (Å²) in [6.07, 6.45) is 4.39. The van der Waals surface area contributed by atoms with Crippen molar-refractivity contribution in [2.24, 2.45) is 5.73 Å². The normalized spacial score (nSPS) is 14.8. The molecule has 0 fully saturated rings. The molecule has 28 heavy (non-hydrogen) atoms. The topological polar surface area (TPSA) is 106 Å². The second kappa shape index (κ2) is 8.44. The molecule has 1 aliphatic carbocycles. The minimum absolute atomic E-state index is 0.0972. The summed E-state index contributed by atoms with van der Waals surface area (Å²) in [7, 11) is 0. The molecule has 0 spiro atoms. The Labute approximate surface area is 165 Å². The standard InChI is InChI=1S/C18H24N2.C4H4O4/c1-5-13-6-7-15-14(10-13)17-16(18(15,3)4)8-9-20(17)11-12(2)19;5-3(6)1-2-4(7)8/h6-10,12H,5,11,19H2,1-4H3;1-2H,(H,5,6)(H,7,8)/b;2-1+/t12-;/m0./s1. The number of hydrogen-bond donors (Lipinski definition) is 3. The summed E-state index contributed by atoms with van der Waals surface area (Å²) in [5, 5.41) is 15.6. The van der Waals surface area contributed by atoms with Crippen molar-refractivity contribution in [3.05, 3.63) is 59.3 Å². The van der Waals surface area contributed by atoms with Gasteiger partial charge in [0, 0.05) is 41.9 Å². The van der Waals surface area contributed by atoms with Gasteiger partial charge in [-0.15, -0.1) is 0 Å². The number of rotatable bonds is 5. The van der Waals surface area contributed by atoms with Gasteiger partial charge in [0.25, 0.3) is 0 Å². The highest BCUT2D eigenvalue weighted by molar-refractivity contribution is 5.89. The first-order valence-electron chi connectivity index (χ1n) is 9.30. The predicted molar refractivity (Wildman–Crippen MR) is 109 cm³/mol. The lowest BCUT2D eigenvalue weighted by molar-refractivity contribution is -0.134. The van der Waals surface area contributed by atoms with E-state index < -0.39 is 11.9 Å². The van der Waals surface area contributed by atoms with E-state index in [9.17, 15) is 9.59 Å². The molecule has 0 radical (unpaired) electrons. The molecule has 1 aromatic carbocycles. The number of aryl methyl sites for hydroxylation is 1. The Morgan fingerprint density at radius 2 is 1.75 bits per heavy atom. The van der Waals surface area contributed by atoms with Crippen LogP contribution in [0, 0.1) is 0 Å². The third kappa shape index (κ3) is 4.51. The van der Waals surface area contributed by atoms with E-state index in [4.69, 9.17) is 15.9 Å². The zero-order valence-corrected chi connectivity index (χ0v) is 16.8. The van der Waals surface area contributed by atoms with Crippen molar-refractivity contribution in [1.29, 1.82) is 0 Å². The van der Waals surface area contributed by atoms with Crippen LogP contribution in [0.5, 0.6) is 0 Å². The van der Waals surface area contributed by atoms with Gasteiger partial charge in [-0.05, 0) is 42.2 Å². The Kier molecular flexibility index (Phi) is 6.46. The first-order chi connectivity index (χ1) is 13.1. The summed E-state index contributed by atoms with van der Waals surface area (Å²) in [4.78, 5) is 19.1. The zero-order valence-electron chi connectivity index (χ0n) is 16.8. The highest BCUT2D eigenvalue weighted by atomic mass is 16.4. The molecule has 150 valence electrons. The minimum Gasteiger partial charge on any atom is -0.478 e. The fraction of sp³-hybridized carbons (Fsp3) is 0.364. The zero-order chi connectivity index (χ0) is 21.1. The van der Waals surface area contributed by atoms with E-state index in [1.807, 2.05) is 0 Å². The smallest absolute Gasteiger partial charge is 0.328 e. The lowest BCUT2D eigenvalue weighted by Crippen LogP contribution is -2.22. The second-order valence-corrected chi connectivity index (χ2v) is 7.58. The van der Waals surface area contributed by atoms with E-state index in [2.05, 4.69) is 62.7 Å². The van der Waals surface area contributed by atoms with Crippen LogP contribution in [0.2, 0.25) is 0 Å². The van der Waals surface area contributed by atoms with Gasteiger partial charge in [0.1, 0.15) is 0 Å². The van der Waals surface area contributed by atoms with E-state index in [0.717, 1.165) is 13.0 Å². The van der Waals surface area contributed by atoms with Crippen molar-refractivity contribution < 1.29 is 19.8 Å². The summed E-state index contributed by atoms with van der Waals surface area (Å²) in [6, 6.07) is 9.38. The second-order valence-electron chi connectivity index (χ2n) is 7.58. The van der Waals surface area contributed by atoms with Gasteiger partial charge in [0.2, 0.25) is 0 Å². The molecule has 1 heterocycles. The number of carboxylic acid groups (broad SMARTS) is 2. The van der Waals surface area contributed by atoms with E-state index in [0.29, 0.717) is 12.2 Å². The molecule has 2 aromatic rings. The molecule has 1 aliphatic rings. The van der Waals surface area contributed by atoms with Crippen LogP contribution in [-0.2, 0) is 28.0 Å². The minimum atomic E-state index is -1.26. The van der Waals surface area contributed by atoms with Crippen LogP contribution in [0.1, 0.15) is 44.4 Å². The maximum atomic E-state index is 9.55. The van der Waals surface area contributed by atoms with Gasteiger partial charge in [-0.25, -0.2) is 9.59 Å². The van der Waals surface area contributed by atoms with E-state index >= 15 is 0 Å². The largest absolute Gasteiger partial charge is 0.478 e. The number of carboxylic acids is 2. The van der Waals surface area contributed by atoms with Gasteiger partial charge < -0.3 is 20.5 Å². The third-order valence-electron chi connectivity index (χ3n) is 4.91. The molecule has 4 N–H and O–H groups in total. The molecule has 0 aliphatic heterocycles. The number of carbonyl (C=O) groups is 2. The lowest BCUT2D eigenvalue weighted by atomic mass is 9.83. The predicted octanol–water partition coefficient (Wildman–Crippen LogP) is 3.42. The molecule has 6 heteroatoms. The lowest BCUT2D eigenvalue weighted by Gasteiger charge is -2.20. The maximum Gasteiger partial charge on any atom is 0.328 e. The van der Waals surface area contributed by atoms with Crippen molar-refractivity contribution in [3.8, 4) is 11.3 Å². The average molecular weight is 384 g/mol. The molecule has 3 rings (SSSR count). The van der Waals surface area contributed by atoms with Crippen molar-refractivity contribution >= 4 is 11.9 Å². The number of fused-ring (bicyclic) bond motifs is 3. The number of aromatic nitrogens is 1. The quantitative estimate of drug-likeness (QED) is 0.685. The Balaban J connectivity index is 0.000000300. The summed E-state index contributed by atoms with van der Waals surface area (Å²) in [5.74, 6) is -2.51. The number of benzene rings is 1. The molecular weight excluding hydrogens is 356 g/mol. The Morgan fingerprint density at radius 1 is 1.14 bits per heavy atom.